The molecule has 2 aromatic carbocycles. The van der Waals surface area contributed by atoms with Crippen LogP contribution in [0.15, 0.2) is 66.9 Å². The van der Waals surface area contributed by atoms with Crippen molar-refractivity contribution in [1.82, 2.24) is 10.3 Å². The van der Waals surface area contributed by atoms with Gasteiger partial charge < -0.3 is 24.3 Å². The Balaban J connectivity index is 1.29. The molecule has 38 heavy (non-hydrogen) atoms. The lowest BCUT2D eigenvalue weighted by Crippen LogP contribution is -2.50. The van der Waals surface area contributed by atoms with Gasteiger partial charge in [-0.15, -0.1) is 0 Å². The first-order valence-corrected chi connectivity index (χ1v) is 12.6. The van der Waals surface area contributed by atoms with Gasteiger partial charge in [0.1, 0.15) is 29.0 Å². The molecule has 0 bridgehead atoms. The maximum Gasteiger partial charge on any atom is 0.407 e. The van der Waals surface area contributed by atoms with Crippen molar-refractivity contribution in [3.63, 3.8) is 0 Å². The third-order valence-corrected chi connectivity index (χ3v) is 6.39. The van der Waals surface area contributed by atoms with Crippen LogP contribution in [0.4, 0.5) is 4.79 Å². The van der Waals surface area contributed by atoms with Gasteiger partial charge in [0.25, 0.3) is 6.47 Å². The van der Waals surface area contributed by atoms with Crippen LogP contribution in [-0.2, 0) is 14.9 Å². The van der Waals surface area contributed by atoms with Gasteiger partial charge in [-0.2, -0.15) is 0 Å². The Morgan fingerprint density at radius 3 is 1.97 bits per heavy atom. The minimum atomic E-state index is -0.505. The molecule has 0 saturated heterocycles. The molecular weight excluding hydrogens is 484 g/mol. The molecule has 3 aromatic rings. The maximum absolute atomic E-state index is 11.9. The van der Waals surface area contributed by atoms with Gasteiger partial charge in [-0.05, 0) is 62.2 Å². The lowest BCUT2D eigenvalue weighted by Gasteiger charge is -2.36. The van der Waals surface area contributed by atoms with Crippen molar-refractivity contribution in [2.45, 2.75) is 70.6 Å². The van der Waals surface area contributed by atoms with Crippen LogP contribution in [0.2, 0.25) is 0 Å². The van der Waals surface area contributed by atoms with Gasteiger partial charge in [-0.1, -0.05) is 38.1 Å². The van der Waals surface area contributed by atoms with E-state index < -0.39 is 5.60 Å². The van der Waals surface area contributed by atoms with Crippen molar-refractivity contribution in [1.29, 1.82) is 0 Å². The van der Waals surface area contributed by atoms with Crippen LogP contribution in [-0.4, -0.2) is 35.3 Å². The van der Waals surface area contributed by atoms with Gasteiger partial charge in [-0.25, -0.2) is 9.78 Å². The lowest BCUT2D eigenvalue weighted by molar-refractivity contribution is -0.120. The minimum absolute atomic E-state index is 0.0737. The van der Waals surface area contributed by atoms with Crippen LogP contribution in [0, 0.1) is 0 Å². The molecule has 0 radical (unpaired) electrons. The van der Waals surface area contributed by atoms with Gasteiger partial charge in [0.05, 0.1) is 6.20 Å². The second kappa shape index (κ2) is 11.1. The average Bonchev–Trinajstić information content (AvgIpc) is 2.84. The quantitative estimate of drug-likeness (QED) is 0.338. The van der Waals surface area contributed by atoms with Crippen LogP contribution in [0.1, 0.15) is 58.6 Å². The van der Waals surface area contributed by atoms with Gasteiger partial charge in [0.2, 0.25) is 5.88 Å². The van der Waals surface area contributed by atoms with Crippen molar-refractivity contribution < 1.29 is 28.5 Å². The molecule has 1 aromatic heterocycles. The molecule has 4 rings (SSSR count). The molecule has 0 spiro atoms. The number of nitrogens with one attached hydrogen (secondary N) is 1. The van der Waals surface area contributed by atoms with E-state index in [1.165, 1.54) is 6.20 Å². The molecule has 1 N–H and O–H groups in total. The molecule has 1 saturated carbocycles. The predicted molar refractivity (Wildman–Crippen MR) is 143 cm³/mol. The first kappa shape index (κ1) is 27.0. The number of carbonyl (C=O) groups is 2. The van der Waals surface area contributed by atoms with E-state index in [2.05, 4.69) is 36.3 Å². The second-order valence-electron chi connectivity index (χ2n) is 10.9. The normalized spacial score (nSPS) is 17.1. The highest BCUT2D eigenvalue weighted by molar-refractivity contribution is 5.68. The van der Waals surface area contributed by atoms with Crippen LogP contribution in [0.25, 0.3) is 0 Å². The Morgan fingerprint density at radius 1 is 0.868 bits per heavy atom. The van der Waals surface area contributed by atoms with Crippen molar-refractivity contribution >= 4 is 12.6 Å². The van der Waals surface area contributed by atoms with E-state index in [4.69, 9.17) is 18.9 Å². The molecular formula is C30H34N2O6. The zero-order valence-corrected chi connectivity index (χ0v) is 22.4. The number of carbonyl (C=O) groups excluding carboxylic acids is 2. The summed E-state index contributed by atoms with van der Waals surface area (Å²) >= 11 is 0. The van der Waals surface area contributed by atoms with Crippen molar-refractivity contribution in [2.75, 3.05) is 0 Å². The third-order valence-electron chi connectivity index (χ3n) is 6.39. The molecule has 8 nitrogen and oxygen atoms in total. The average molecular weight is 519 g/mol. The Hall–Kier alpha value is -4.07. The number of hydrogen-bond donors (Lipinski definition) is 1. The van der Waals surface area contributed by atoms with Crippen LogP contribution < -0.4 is 19.5 Å². The van der Waals surface area contributed by atoms with E-state index in [1.807, 2.05) is 57.2 Å². The highest BCUT2D eigenvalue weighted by Crippen LogP contribution is 2.35. The third kappa shape index (κ3) is 7.03. The summed E-state index contributed by atoms with van der Waals surface area (Å²) in [5.74, 6) is 2.23. The number of alkyl carbamates (subject to hydrolysis) is 1. The Morgan fingerprint density at radius 2 is 1.45 bits per heavy atom. The first-order valence-electron chi connectivity index (χ1n) is 12.6. The van der Waals surface area contributed by atoms with Gasteiger partial charge in [0.15, 0.2) is 0 Å². The van der Waals surface area contributed by atoms with E-state index in [9.17, 15) is 9.59 Å². The Bertz CT molecular complexity index is 1230. The molecule has 1 aliphatic carbocycles. The molecule has 1 heterocycles. The summed E-state index contributed by atoms with van der Waals surface area (Å²) in [4.78, 5) is 26.5. The summed E-state index contributed by atoms with van der Waals surface area (Å²) in [5, 5.41) is 2.89. The fourth-order valence-electron chi connectivity index (χ4n) is 4.18. The number of pyridine rings is 1. The van der Waals surface area contributed by atoms with Crippen molar-refractivity contribution in [2.24, 2.45) is 0 Å². The number of aromatic nitrogens is 1. The highest BCUT2D eigenvalue weighted by Gasteiger charge is 2.33. The number of ether oxygens (including phenoxy) is 4. The smallest absolute Gasteiger partial charge is 0.407 e. The summed E-state index contributed by atoms with van der Waals surface area (Å²) in [6, 6.07) is 19.4. The van der Waals surface area contributed by atoms with Gasteiger partial charge >= 0.3 is 6.09 Å². The lowest BCUT2D eigenvalue weighted by atomic mass is 9.78. The standard InChI is InChI=1S/C30H34N2O6/c1-29(2,3)38-28(34)32-22-16-26(17-22)36-23-10-6-20(7-11-23)30(4,5)21-8-12-24(13-9-21)37-27-15-14-25(18-31-27)35-19-33/h6-15,18-19,22,26H,16-17H2,1-5H3,(H,32,34). The molecule has 1 amide bonds. The fraction of sp³-hybridized carbons (Fsp3) is 0.367. The number of nitrogens with zero attached hydrogens (tertiary/aromatic N) is 1. The topological polar surface area (TPSA) is 96.0 Å². The highest BCUT2D eigenvalue weighted by atomic mass is 16.6. The molecule has 0 atom stereocenters. The van der Waals surface area contributed by atoms with Gasteiger partial charge in [0, 0.05) is 30.4 Å². The van der Waals surface area contributed by atoms with E-state index >= 15 is 0 Å². The monoisotopic (exact) mass is 518 g/mol. The number of benzene rings is 2. The molecule has 0 aliphatic heterocycles. The van der Waals surface area contributed by atoms with E-state index in [1.54, 1.807) is 12.1 Å². The minimum Gasteiger partial charge on any atom is -0.490 e. The van der Waals surface area contributed by atoms with E-state index in [0.29, 0.717) is 23.9 Å². The van der Waals surface area contributed by atoms with Crippen LogP contribution >= 0.6 is 0 Å². The zero-order valence-electron chi connectivity index (χ0n) is 22.4. The molecule has 1 fully saturated rings. The summed E-state index contributed by atoms with van der Waals surface area (Å²) < 4.78 is 21.9. The Kier molecular flexibility index (Phi) is 7.90. The second-order valence-corrected chi connectivity index (χ2v) is 10.9. The maximum atomic E-state index is 11.9. The van der Waals surface area contributed by atoms with Crippen molar-refractivity contribution in [3.05, 3.63) is 78.0 Å². The summed E-state index contributed by atoms with van der Waals surface area (Å²) in [6.45, 7) is 10.2. The molecule has 8 heteroatoms. The summed E-state index contributed by atoms with van der Waals surface area (Å²) in [5.41, 5.74) is 1.55. The number of hydrogen-bond acceptors (Lipinski definition) is 7. The largest absolute Gasteiger partial charge is 0.490 e. The molecule has 0 unspecified atom stereocenters. The van der Waals surface area contributed by atoms with Crippen LogP contribution in [0.3, 0.4) is 0 Å². The number of rotatable bonds is 9. The molecule has 1 aliphatic rings. The zero-order chi connectivity index (χ0) is 27.3. The summed E-state index contributed by atoms with van der Waals surface area (Å²) in [6.07, 6.45) is 2.63. The van der Waals surface area contributed by atoms with E-state index in [-0.39, 0.29) is 23.7 Å². The Labute approximate surface area is 223 Å². The van der Waals surface area contributed by atoms with E-state index in [0.717, 1.165) is 29.7 Å². The van der Waals surface area contributed by atoms with Crippen LogP contribution in [0.5, 0.6) is 23.1 Å². The summed E-state index contributed by atoms with van der Waals surface area (Å²) in [7, 11) is 0. The predicted octanol–water partition coefficient (Wildman–Crippen LogP) is 6.17. The van der Waals surface area contributed by atoms with Crippen molar-refractivity contribution in [3.8, 4) is 23.1 Å². The fourth-order valence-corrected chi connectivity index (χ4v) is 4.18. The molecule has 200 valence electrons. The SMILES string of the molecule is CC(C)(C)OC(=O)NC1CC(Oc2ccc(C(C)(C)c3ccc(Oc4ccc(OC=O)cn4)cc3)cc2)C1. The number of amides is 1. The van der Waals surface area contributed by atoms with Gasteiger partial charge in [-0.3, -0.25) is 4.79 Å². The first-order chi connectivity index (χ1) is 18.0.